The molecule has 0 atom stereocenters. The summed E-state index contributed by atoms with van der Waals surface area (Å²) in [7, 11) is -6.68. The molecule has 0 unspecified atom stereocenters. The van der Waals surface area contributed by atoms with Gasteiger partial charge in [0.05, 0.1) is 21.2 Å². The van der Waals surface area contributed by atoms with Crippen molar-refractivity contribution in [2.75, 3.05) is 34.0 Å². The second-order valence-electron chi connectivity index (χ2n) is 10.8. The van der Waals surface area contributed by atoms with Gasteiger partial charge in [0.2, 0.25) is 5.95 Å². The van der Waals surface area contributed by atoms with Crippen molar-refractivity contribution in [3.8, 4) is 0 Å². The van der Waals surface area contributed by atoms with Crippen LogP contribution < -0.4 is 21.5 Å². The van der Waals surface area contributed by atoms with Gasteiger partial charge in [-0.25, -0.2) is 16.8 Å². The van der Waals surface area contributed by atoms with Gasteiger partial charge in [0, 0.05) is 23.9 Å². The minimum atomic E-state index is -3.34. The number of sulfone groups is 2. The van der Waals surface area contributed by atoms with Crippen LogP contribution >= 0.6 is 0 Å². The first kappa shape index (κ1) is 33.8. The fourth-order valence-electron chi connectivity index (χ4n) is 4.40. The monoisotopic (exact) mass is 682 g/mol. The van der Waals surface area contributed by atoms with Crippen LogP contribution in [0.2, 0.25) is 0 Å². The maximum Gasteiger partial charge on any atom is 0.231 e. The van der Waals surface area contributed by atoms with Gasteiger partial charge in [-0.2, -0.15) is 20.2 Å². The Hall–Kier alpha value is -5.60. The average Bonchev–Trinajstić information content (AvgIpc) is 3.07. The van der Waals surface area contributed by atoms with Crippen molar-refractivity contribution < 1.29 is 16.8 Å². The van der Waals surface area contributed by atoms with E-state index in [-0.39, 0.29) is 15.7 Å². The molecule has 1 heterocycles. The molecule has 14 heteroatoms. The summed E-state index contributed by atoms with van der Waals surface area (Å²) < 4.78 is 47.7. The Balaban J connectivity index is 1.55. The molecule has 0 radical (unpaired) electrons. The lowest BCUT2D eigenvalue weighted by Gasteiger charge is -2.17. The molecule has 0 aliphatic carbocycles. The molecular weight excluding hydrogens is 649 g/mol. The Morgan fingerprint density at radius 3 is 1.29 bits per heavy atom. The molecule has 0 saturated carbocycles. The van der Waals surface area contributed by atoms with Crippen molar-refractivity contribution in [1.29, 1.82) is 0 Å². The lowest BCUT2D eigenvalue weighted by Crippen LogP contribution is -2.11. The number of aromatic nitrogens is 2. The van der Waals surface area contributed by atoms with E-state index in [0.717, 1.165) is 23.9 Å². The van der Waals surface area contributed by atoms with Gasteiger partial charge in [0.1, 0.15) is 5.69 Å². The SMILES string of the molecule is CC(=NNc1nc(Nc2ccccc2)nc(NN=C(C)c2ccc(S(C)(=O)=O)cc2)c1Nc1ccccc1)c1ccc(S(C)(=O)=O)cc1. The number of anilines is 6. The topological polar surface area (TPSA) is 167 Å². The quantitative estimate of drug-likeness (QED) is 0.0849. The average molecular weight is 683 g/mol. The second kappa shape index (κ2) is 14.4. The number of rotatable bonds is 12. The largest absolute Gasteiger partial charge is 0.349 e. The molecule has 5 rings (SSSR count). The van der Waals surface area contributed by atoms with E-state index in [9.17, 15) is 16.8 Å². The lowest BCUT2D eigenvalue weighted by molar-refractivity contribution is 0.600. The minimum absolute atomic E-state index is 0.215. The number of nitrogens with one attached hydrogen (secondary N) is 4. The summed E-state index contributed by atoms with van der Waals surface area (Å²) in [5, 5.41) is 15.7. The highest BCUT2D eigenvalue weighted by Crippen LogP contribution is 2.33. The maximum absolute atomic E-state index is 11.9. The zero-order valence-corrected chi connectivity index (χ0v) is 28.3. The normalized spacial score (nSPS) is 12.3. The Morgan fingerprint density at radius 2 is 0.917 bits per heavy atom. The summed E-state index contributed by atoms with van der Waals surface area (Å²) in [4.78, 5) is 9.88. The Kier molecular flexibility index (Phi) is 10.2. The summed E-state index contributed by atoms with van der Waals surface area (Å²) in [5.74, 6) is 0.875. The van der Waals surface area contributed by atoms with Gasteiger partial charge in [-0.15, -0.1) is 0 Å². The molecule has 246 valence electrons. The minimum Gasteiger partial charge on any atom is -0.349 e. The molecule has 5 aromatic rings. The highest BCUT2D eigenvalue weighted by molar-refractivity contribution is 7.91. The van der Waals surface area contributed by atoms with Crippen molar-refractivity contribution in [3.63, 3.8) is 0 Å². The van der Waals surface area contributed by atoms with Gasteiger partial charge in [-0.3, -0.25) is 10.9 Å². The fraction of sp³-hybridized carbons (Fsp3) is 0.118. The first-order chi connectivity index (χ1) is 22.9. The maximum atomic E-state index is 11.9. The van der Waals surface area contributed by atoms with Crippen LogP contribution in [0.15, 0.2) is 129 Å². The second-order valence-corrected chi connectivity index (χ2v) is 14.8. The predicted octanol–water partition coefficient (Wildman–Crippen LogP) is 6.44. The van der Waals surface area contributed by atoms with Gasteiger partial charge in [0.15, 0.2) is 31.3 Å². The molecule has 0 aliphatic heterocycles. The van der Waals surface area contributed by atoms with E-state index >= 15 is 0 Å². The number of hydrogen-bond acceptors (Lipinski definition) is 12. The van der Waals surface area contributed by atoms with Crippen LogP contribution in [0.25, 0.3) is 0 Å². The van der Waals surface area contributed by atoms with Gasteiger partial charge >= 0.3 is 0 Å². The van der Waals surface area contributed by atoms with Crippen LogP contribution in [-0.2, 0) is 19.7 Å². The van der Waals surface area contributed by atoms with Gasteiger partial charge in [0.25, 0.3) is 0 Å². The molecule has 4 aromatic carbocycles. The van der Waals surface area contributed by atoms with Crippen LogP contribution in [0.1, 0.15) is 25.0 Å². The zero-order valence-electron chi connectivity index (χ0n) is 26.6. The van der Waals surface area contributed by atoms with E-state index in [0.29, 0.717) is 39.9 Å². The highest BCUT2D eigenvalue weighted by Gasteiger charge is 2.17. The molecule has 0 spiro atoms. The number of hydrazone groups is 2. The molecule has 0 aliphatic rings. The van der Waals surface area contributed by atoms with Crippen molar-refractivity contribution >= 4 is 65.7 Å². The fourth-order valence-corrected chi connectivity index (χ4v) is 5.66. The van der Waals surface area contributed by atoms with Crippen LogP contribution in [0.4, 0.5) is 34.6 Å². The number of benzene rings is 4. The van der Waals surface area contributed by atoms with Gasteiger partial charge in [-0.1, -0.05) is 60.7 Å². The summed E-state index contributed by atoms with van der Waals surface area (Å²) >= 11 is 0. The molecule has 0 saturated heterocycles. The first-order valence-electron chi connectivity index (χ1n) is 14.6. The van der Waals surface area contributed by atoms with Gasteiger partial charge in [-0.05, 0) is 73.5 Å². The summed E-state index contributed by atoms with van der Waals surface area (Å²) in [6.45, 7) is 3.58. The molecule has 0 bridgehead atoms. The zero-order chi connectivity index (χ0) is 34.3. The van der Waals surface area contributed by atoms with Crippen molar-refractivity contribution in [1.82, 2.24) is 9.97 Å². The molecule has 12 nitrogen and oxygen atoms in total. The van der Waals surface area contributed by atoms with Crippen LogP contribution in [0.5, 0.6) is 0 Å². The smallest absolute Gasteiger partial charge is 0.231 e. The molecule has 4 N–H and O–H groups in total. The molecular formula is C34H34N8O4S2. The molecule has 48 heavy (non-hydrogen) atoms. The third kappa shape index (κ3) is 8.80. The number of para-hydroxylation sites is 2. The number of hydrogen-bond donors (Lipinski definition) is 4. The van der Waals surface area contributed by atoms with Crippen molar-refractivity contribution in [2.45, 2.75) is 23.6 Å². The Labute approximate surface area is 279 Å². The number of nitrogens with zero attached hydrogens (tertiary/aromatic N) is 4. The standard InChI is InChI=1S/C34H34N8O4S2/c1-23(25-15-19-29(20-16-25)47(3,43)44)39-41-32-31(35-27-11-7-5-8-12-27)33(38-34(37-32)36-28-13-9-6-10-14-28)42-40-24(2)26-17-21-30(22-18-26)48(4,45)46/h5-22,35H,1-4H3,(H3,36,37,38,41,42). The summed E-state index contributed by atoms with van der Waals surface area (Å²) in [6.07, 6.45) is 2.32. The summed E-state index contributed by atoms with van der Waals surface area (Å²) in [6, 6.07) is 31.8. The predicted molar refractivity (Wildman–Crippen MR) is 192 cm³/mol. The lowest BCUT2D eigenvalue weighted by atomic mass is 10.1. The molecule has 0 fully saturated rings. The van der Waals surface area contributed by atoms with E-state index in [1.807, 2.05) is 60.7 Å². The highest BCUT2D eigenvalue weighted by atomic mass is 32.2. The van der Waals surface area contributed by atoms with Crippen LogP contribution in [-0.4, -0.2) is 50.7 Å². The van der Waals surface area contributed by atoms with Crippen molar-refractivity contribution in [3.05, 3.63) is 120 Å². The Bertz CT molecular complexity index is 2060. The van der Waals surface area contributed by atoms with E-state index in [1.165, 1.54) is 24.3 Å². The van der Waals surface area contributed by atoms with E-state index in [4.69, 9.17) is 9.97 Å². The van der Waals surface area contributed by atoms with E-state index in [1.54, 1.807) is 38.1 Å². The molecule has 0 amide bonds. The van der Waals surface area contributed by atoms with Crippen LogP contribution in [0.3, 0.4) is 0 Å². The molecule has 1 aromatic heterocycles. The Morgan fingerprint density at radius 1 is 0.542 bits per heavy atom. The van der Waals surface area contributed by atoms with Gasteiger partial charge < -0.3 is 10.6 Å². The van der Waals surface area contributed by atoms with Crippen molar-refractivity contribution in [2.24, 2.45) is 10.2 Å². The summed E-state index contributed by atoms with van der Waals surface area (Å²) in [5.41, 5.74) is 10.6. The third-order valence-corrected chi connectivity index (χ3v) is 9.30. The van der Waals surface area contributed by atoms with E-state index in [2.05, 4.69) is 31.7 Å². The van der Waals surface area contributed by atoms with Crippen LogP contribution in [0, 0.1) is 0 Å². The third-order valence-electron chi connectivity index (χ3n) is 7.04. The first-order valence-corrected chi connectivity index (χ1v) is 18.4. The van der Waals surface area contributed by atoms with E-state index < -0.39 is 19.7 Å².